The number of carbonyl (C=O) groups excluding carboxylic acids is 4. The Labute approximate surface area is 353 Å². The van der Waals surface area contributed by atoms with Gasteiger partial charge in [0.05, 0.1) is 26.4 Å². The van der Waals surface area contributed by atoms with Crippen molar-refractivity contribution < 1.29 is 28.7 Å². The molecule has 1 spiro atoms. The van der Waals surface area contributed by atoms with Crippen LogP contribution in [0, 0.1) is 30.0 Å². The van der Waals surface area contributed by atoms with Gasteiger partial charge < -0.3 is 20.6 Å². The van der Waals surface area contributed by atoms with E-state index in [1.165, 1.54) is 49.7 Å². The summed E-state index contributed by atoms with van der Waals surface area (Å²) in [5, 5.41) is 20.9. The first-order valence-corrected chi connectivity index (χ1v) is 22.0. The van der Waals surface area contributed by atoms with Gasteiger partial charge in [-0.05, 0) is 114 Å². The lowest BCUT2D eigenvalue weighted by molar-refractivity contribution is -0.136. The van der Waals surface area contributed by atoms with Crippen LogP contribution in [0.5, 0.6) is 0 Å². The summed E-state index contributed by atoms with van der Waals surface area (Å²) in [6.07, 6.45) is 8.51. The molecular weight excluding hydrogens is 782 g/mol. The Bertz CT molecular complexity index is 2400. The van der Waals surface area contributed by atoms with Crippen LogP contribution in [0.4, 0.5) is 15.8 Å². The summed E-state index contributed by atoms with van der Waals surface area (Å²) in [4.78, 5) is 64.3. The highest BCUT2D eigenvalue weighted by molar-refractivity contribution is 7.18. The van der Waals surface area contributed by atoms with Gasteiger partial charge >= 0.3 is 0 Å². The van der Waals surface area contributed by atoms with E-state index in [-0.39, 0.29) is 23.9 Å². The Hall–Kier alpha value is -5.05. The van der Waals surface area contributed by atoms with Crippen LogP contribution >= 0.6 is 11.3 Å². The average molecular weight is 834 g/mol. The molecule has 2 saturated carbocycles. The molecule has 1 unspecified atom stereocenters. The number of amides is 4. The molecule has 2 aromatic heterocycles. The number of piperidine rings is 1. The number of hydrogen-bond acceptors (Lipinski definition) is 10. The predicted molar refractivity (Wildman–Crippen MR) is 229 cm³/mol. The Morgan fingerprint density at radius 2 is 1.80 bits per heavy atom. The quantitative estimate of drug-likeness (QED) is 0.114. The van der Waals surface area contributed by atoms with Crippen LogP contribution in [0.3, 0.4) is 0 Å². The van der Waals surface area contributed by atoms with Crippen molar-refractivity contribution in [2.75, 3.05) is 36.8 Å². The monoisotopic (exact) mass is 833 g/mol. The molecule has 9 rings (SSSR count). The van der Waals surface area contributed by atoms with Crippen molar-refractivity contribution in [3.8, 4) is 0 Å². The van der Waals surface area contributed by atoms with Crippen molar-refractivity contribution in [1.29, 1.82) is 0 Å². The number of nitrogens with one attached hydrogen (secondary N) is 3. The third kappa shape index (κ3) is 7.73. The highest BCUT2D eigenvalue weighted by Gasteiger charge is 2.52. The number of nitrogens with zero attached hydrogens (tertiary/aromatic N) is 4. The fraction of sp³-hybridized carbons (Fsp3) is 0.478. The van der Waals surface area contributed by atoms with E-state index in [4.69, 9.17) is 4.98 Å². The molecular formula is C46H52FN7O5S. The van der Waals surface area contributed by atoms with Gasteiger partial charge in [0, 0.05) is 78.5 Å². The number of aliphatic hydroxyl groups is 1. The maximum Gasteiger partial charge on any atom is 0.274 e. The minimum Gasteiger partial charge on any atom is -0.386 e. The number of benzene rings is 2. The first kappa shape index (κ1) is 40.4. The summed E-state index contributed by atoms with van der Waals surface area (Å²) in [6.45, 7) is 13.4. The van der Waals surface area contributed by atoms with Crippen molar-refractivity contribution >= 4 is 62.3 Å². The molecule has 5 heterocycles. The third-order valence-electron chi connectivity index (χ3n) is 13.4. The zero-order valence-electron chi connectivity index (χ0n) is 34.4. The molecule has 0 bridgehead atoms. The molecule has 3 aliphatic heterocycles. The number of pyridine rings is 1. The van der Waals surface area contributed by atoms with Gasteiger partial charge in [-0.3, -0.25) is 29.4 Å². The van der Waals surface area contributed by atoms with Crippen LogP contribution in [0.25, 0.3) is 15.9 Å². The van der Waals surface area contributed by atoms with Crippen molar-refractivity contribution in [3.63, 3.8) is 0 Å². The van der Waals surface area contributed by atoms with Gasteiger partial charge in [-0.2, -0.15) is 0 Å². The van der Waals surface area contributed by atoms with Crippen molar-refractivity contribution in [3.05, 3.63) is 87.9 Å². The van der Waals surface area contributed by atoms with E-state index in [9.17, 15) is 28.7 Å². The minimum absolute atomic E-state index is 0.0195. The lowest BCUT2D eigenvalue weighted by Crippen LogP contribution is -2.63. The van der Waals surface area contributed by atoms with Crippen molar-refractivity contribution in [2.24, 2.45) is 17.3 Å². The molecule has 5 aliphatic rings. The summed E-state index contributed by atoms with van der Waals surface area (Å²) in [7, 11) is 0. The summed E-state index contributed by atoms with van der Waals surface area (Å²) in [5.41, 5.74) is 3.95. The SMILES string of the molecule is C=C1c2cccc(NCCC3CC4(C3)CN(CC3CCC(c5nc6cc(C(C)(C)O)c(NC(=O)c7cc(F)cc(C)n7)cc6s5)CC3)C4)c2C(=O)N1C1CCC(=O)NC1=O. The van der Waals surface area contributed by atoms with Gasteiger partial charge in [-0.25, -0.2) is 14.4 Å². The molecule has 4 aromatic rings. The molecule has 314 valence electrons. The number of fused-ring (bicyclic) bond motifs is 2. The fourth-order valence-corrected chi connectivity index (χ4v) is 11.7. The fourth-order valence-electron chi connectivity index (χ4n) is 10.5. The predicted octanol–water partition coefficient (Wildman–Crippen LogP) is 7.34. The second-order valence-corrected chi connectivity index (χ2v) is 19.5. The third-order valence-corrected chi connectivity index (χ3v) is 14.5. The van der Waals surface area contributed by atoms with Crippen LogP contribution in [0.15, 0.2) is 49.0 Å². The molecule has 2 saturated heterocycles. The van der Waals surface area contributed by atoms with E-state index in [1.807, 2.05) is 30.3 Å². The smallest absolute Gasteiger partial charge is 0.274 e. The number of likely N-dealkylation sites (tertiary alicyclic amines) is 1. The topological polar surface area (TPSA) is 157 Å². The number of rotatable bonds is 11. The van der Waals surface area contributed by atoms with Crippen LogP contribution in [0.1, 0.15) is 120 Å². The molecule has 4 fully saturated rings. The van der Waals surface area contributed by atoms with Crippen LogP contribution in [-0.2, 0) is 15.2 Å². The zero-order valence-corrected chi connectivity index (χ0v) is 35.2. The van der Waals surface area contributed by atoms with Gasteiger partial charge in [0.25, 0.3) is 11.8 Å². The van der Waals surface area contributed by atoms with Crippen molar-refractivity contribution in [2.45, 2.75) is 96.1 Å². The van der Waals surface area contributed by atoms with Crippen LogP contribution < -0.4 is 16.0 Å². The Balaban J connectivity index is 0.732. The second kappa shape index (κ2) is 15.4. The molecule has 2 aromatic carbocycles. The number of hydrogen-bond donors (Lipinski definition) is 4. The average Bonchev–Trinajstić information content (AvgIpc) is 3.69. The maximum absolute atomic E-state index is 14.0. The largest absolute Gasteiger partial charge is 0.386 e. The van der Waals surface area contributed by atoms with Crippen LogP contribution in [-0.4, -0.2) is 80.7 Å². The summed E-state index contributed by atoms with van der Waals surface area (Å²) < 4.78 is 15.0. The highest BCUT2D eigenvalue weighted by atomic mass is 32.1. The molecule has 0 radical (unpaired) electrons. The summed E-state index contributed by atoms with van der Waals surface area (Å²) >= 11 is 1.64. The molecule has 14 heteroatoms. The van der Waals surface area contributed by atoms with E-state index in [2.05, 4.69) is 32.4 Å². The minimum atomic E-state index is -1.24. The molecule has 4 N–H and O–H groups in total. The first-order chi connectivity index (χ1) is 28.6. The number of anilines is 2. The van der Waals surface area contributed by atoms with E-state index in [0.717, 1.165) is 64.9 Å². The molecule has 4 amide bonds. The summed E-state index contributed by atoms with van der Waals surface area (Å²) in [5.74, 6) is -0.357. The Morgan fingerprint density at radius 3 is 2.52 bits per heavy atom. The molecule has 12 nitrogen and oxygen atoms in total. The van der Waals surface area contributed by atoms with E-state index in [0.29, 0.717) is 57.8 Å². The highest BCUT2D eigenvalue weighted by Crippen LogP contribution is 2.53. The number of imide groups is 1. The van der Waals surface area contributed by atoms with Gasteiger partial charge in [-0.1, -0.05) is 18.7 Å². The van der Waals surface area contributed by atoms with E-state index < -0.39 is 29.3 Å². The van der Waals surface area contributed by atoms with Gasteiger partial charge in [0.2, 0.25) is 11.8 Å². The molecule has 2 aliphatic carbocycles. The molecule has 1 atom stereocenters. The first-order valence-electron chi connectivity index (χ1n) is 21.2. The van der Waals surface area contributed by atoms with Crippen LogP contribution in [0.2, 0.25) is 0 Å². The molecule has 60 heavy (non-hydrogen) atoms. The van der Waals surface area contributed by atoms with Gasteiger partial charge in [0.1, 0.15) is 17.6 Å². The van der Waals surface area contributed by atoms with Gasteiger partial charge in [0.15, 0.2) is 0 Å². The lowest BCUT2D eigenvalue weighted by Gasteiger charge is -2.60. The Morgan fingerprint density at radius 1 is 1.03 bits per heavy atom. The second-order valence-electron chi connectivity index (χ2n) is 18.4. The Kier molecular flexibility index (Phi) is 10.4. The van der Waals surface area contributed by atoms with E-state index >= 15 is 0 Å². The zero-order chi connectivity index (χ0) is 42.1. The number of thiazole rings is 1. The number of aromatic nitrogens is 2. The number of carbonyl (C=O) groups is 4. The maximum atomic E-state index is 14.0. The normalized spacial score (nSPS) is 23.1. The van der Waals surface area contributed by atoms with Crippen molar-refractivity contribution in [1.82, 2.24) is 25.1 Å². The lowest BCUT2D eigenvalue weighted by atomic mass is 9.57. The van der Waals surface area contributed by atoms with Gasteiger partial charge in [-0.15, -0.1) is 11.3 Å². The number of halogens is 1. The summed E-state index contributed by atoms with van der Waals surface area (Å²) in [6, 6.07) is 11.1. The van der Waals surface area contributed by atoms with E-state index in [1.54, 1.807) is 32.1 Å². The standard InChI is InChI=1S/C46H52FN7O5S/c1-25-16-30(47)17-36(49-25)41(56)50-34-19-38-35(18-32(34)45(3,4)59)51-43(60-38)29-10-8-27(9-11-29)22-53-23-46(24-53)20-28(21-46)14-15-48-33-7-5-6-31-26(2)54(44(58)40(31)33)37-12-13-39(55)52-42(37)57/h5-7,16-19,27-29,37,48,59H,2,8-15,20-24H2,1,3-4H3,(H,50,56)(H,52,55,57). The number of aryl methyl sites for hydroxylation is 1.